The molecule has 0 N–H and O–H groups in total. The van der Waals surface area contributed by atoms with Crippen LogP contribution >= 0.6 is 8.51 Å². The summed E-state index contributed by atoms with van der Waals surface area (Å²) in [7, 11) is 1.24. The maximum atomic E-state index is 2.47. The largest absolute Gasteiger partial charge is 0.425 e. The Morgan fingerprint density at radius 3 is 1.33 bits per heavy atom. The summed E-state index contributed by atoms with van der Waals surface area (Å²) >= 11 is 0. The molecule has 1 heterocycles. The first-order valence-corrected chi connectivity index (χ1v) is 11.9. The number of aryl methyl sites for hydroxylation is 3. The van der Waals surface area contributed by atoms with Crippen molar-refractivity contribution >= 4 is 8.51 Å². The Morgan fingerprint density at radius 1 is 0.567 bits per heavy atom. The average molecular weight is 424 g/mol. The van der Waals surface area contributed by atoms with Gasteiger partial charge >= 0.3 is 0 Å². The van der Waals surface area contributed by atoms with Crippen LogP contribution in [0.3, 0.4) is 0 Å². The van der Waals surface area contributed by atoms with E-state index in [1.165, 1.54) is 53.3 Å². The third kappa shape index (κ3) is 4.35. The van der Waals surface area contributed by atoms with E-state index in [9.17, 15) is 0 Å². The molecular weight excluding hydrogens is 383 g/mol. The lowest BCUT2D eigenvalue weighted by Gasteiger charge is -2.34. The minimum absolute atomic E-state index is 0.0672. The van der Waals surface area contributed by atoms with E-state index in [0.717, 1.165) is 0 Å². The smallest absolute Gasteiger partial charge is 0.0363 e. The molecule has 0 aliphatic heterocycles. The molecule has 0 fully saturated rings. The summed E-state index contributed by atoms with van der Waals surface area (Å²) in [5, 5.41) is 0. The van der Waals surface area contributed by atoms with E-state index in [1.54, 1.807) is 0 Å². The fourth-order valence-electron chi connectivity index (χ4n) is 4.26. The van der Waals surface area contributed by atoms with Crippen molar-refractivity contribution in [2.24, 2.45) is 0 Å². The molecular formula is C27H40N2P-. The molecule has 0 saturated carbocycles. The Morgan fingerprint density at radius 2 is 0.967 bits per heavy atom. The fourth-order valence-corrected chi connectivity index (χ4v) is 5.27. The van der Waals surface area contributed by atoms with Gasteiger partial charge in [0.1, 0.15) is 0 Å². The van der Waals surface area contributed by atoms with Crippen LogP contribution in [0.15, 0.2) is 24.3 Å². The second kappa shape index (κ2) is 7.20. The molecule has 3 heteroatoms. The zero-order valence-electron chi connectivity index (χ0n) is 21.2. The minimum Gasteiger partial charge on any atom is -0.425 e. The maximum Gasteiger partial charge on any atom is 0.0363 e. The van der Waals surface area contributed by atoms with E-state index >= 15 is 0 Å². The minimum atomic E-state index is 0.0672. The van der Waals surface area contributed by atoms with Gasteiger partial charge in [0.2, 0.25) is 0 Å². The van der Waals surface area contributed by atoms with Crippen LogP contribution in [0.5, 0.6) is 0 Å². The zero-order valence-corrected chi connectivity index (χ0v) is 22.0. The zero-order chi connectivity index (χ0) is 22.8. The summed E-state index contributed by atoms with van der Waals surface area (Å²) in [5.74, 6) is 0. The van der Waals surface area contributed by atoms with Crippen molar-refractivity contribution in [2.75, 3.05) is 0 Å². The molecule has 0 bridgehead atoms. The van der Waals surface area contributed by atoms with Crippen LogP contribution in [0.25, 0.3) is 11.4 Å². The second-order valence-electron chi connectivity index (χ2n) is 12.1. The van der Waals surface area contributed by atoms with Crippen molar-refractivity contribution in [3.05, 3.63) is 57.6 Å². The molecule has 0 unspecified atom stereocenters. The Labute approximate surface area is 185 Å². The van der Waals surface area contributed by atoms with Crippen molar-refractivity contribution < 1.29 is 0 Å². The molecule has 30 heavy (non-hydrogen) atoms. The van der Waals surface area contributed by atoms with Crippen molar-refractivity contribution in [1.82, 2.24) is 8.89 Å². The number of hydrogen-bond donors (Lipinski definition) is 0. The molecule has 0 aliphatic rings. The van der Waals surface area contributed by atoms with Gasteiger partial charge in [-0.15, -0.1) is 0 Å². The number of aromatic nitrogens is 2. The summed E-state index contributed by atoms with van der Waals surface area (Å²) in [6.45, 7) is 27.7. The molecule has 0 saturated heterocycles. The third-order valence-electron chi connectivity index (χ3n) is 5.95. The van der Waals surface area contributed by atoms with E-state index in [0.29, 0.717) is 0 Å². The molecule has 0 spiro atoms. The molecule has 0 atom stereocenters. The van der Waals surface area contributed by atoms with Crippen molar-refractivity contribution in [2.45, 2.75) is 99.3 Å². The molecule has 0 amide bonds. The first-order valence-electron chi connectivity index (χ1n) is 11.1. The van der Waals surface area contributed by atoms with Crippen LogP contribution in [0.1, 0.15) is 95.7 Å². The van der Waals surface area contributed by atoms with E-state index in [4.69, 9.17) is 0 Å². The molecule has 0 radical (unpaired) electrons. The van der Waals surface area contributed by atoms with E-state index in [1.807, 2.05) is 0 Å². The summed E-state index contributed by atoms with van der Waals surface area (Å²) in [6, 6.07) is 9.52. The quantitative estimate of drug-likeness (QED) is 0.392. The summed E-state index contributed by atoms with van der Waals surface area (Å²) in [5.41, 5.74) is 11.3. The highest BCUT2D eigenvalue weighted by atomic mass is 31.1. The van der Waals surface area contributed by atoms with Gasteiger partial charge in [0.25, 0.3) is 0 Å². The first-order chi connectivity index (χ1) is 13.5. The molecule has 2 nitrogen and oxygen atoms in total. The van der Waals surface area contributed by atoms with Gasteiger partial charge in [-0.1, -0.05) is 92.1 Å². The normalized spacial score (nSPS) is 13.6. The Hall–Kier alpha value is -1.66. The predicted octanol–water partition coefficient (Wildman–Crippen LogP) is 8.38. The number of hydrogen-bond acceptors (Lipinski definition) is 0. The van der Waals surface area contributed by atoms with E-state index in [2.05, 4.69) is 116 Å². The lowest BCUT2D eigenvalue weighted by Crippen LogP contribution is -2.24. The highest BCUT2D eigenvalue weighted by Crippen LogP contribution is 2.44. The van der Waals surface area contributed by atoms with Crippen LogP contribution in [-0.2, 0) is 16.2 Å². The lowest BCUT2D eigenvalue weighted by atomic mass is 9.74. The van der Waals surface area contributed by atoms with Crippen LogP contribution in [0.2, 0.25) is 0 Å². The summed E-state index contributed by atoms with van der Waals surface area (Å²) < 4.78 is 4.90. The van der Waals surface area contributed by atoms with Crippen LogP contribution in [-0.4, -0.2) is 8.89 Å². The Kier molecular flexibility index (Phi) is 5.52. The van der Waals surface area contributed by atoms with Gasteiger partial charge in [0.15, 0.2) is 0 Å². The Bertz CT molecular complexity index is 1010. The monoisotopic (exact) mass is 423 g/mol. The SMILES string of the molecule is Cc1cc(C)c(-n2[p-]n2-c2c(C(C)(C)C)cc(C(C)(C)C)cc2C(C)(C)C)c(C)c1. The third-order valence-corrected chi connectivity index (χ3v) is 6.88. The topological polar surface area (TPSA) is 9.86 Å². The van der Waals surface area contributed by atoms with Gasteiger partial charge < -0.3 is 17.4 Å². The standard InChI is InChI=1S/C27H40N2P/c1-17-13-18(2)23(19(3)14-17)28-29(30-28)24-21(26(7,8)9)15-20(25(4,5)6)16-22(24)27(10,11)12/h13-16H,1-12H3/q-1. The molecule has 2 aromatic carbocycles. The molecule has 3 aromatic rings. The average Bonchev–Trinajstić information content (AvgIpc) is 3.30. The molecule has 1 aromatic heterocycles. The molecule has 3 rings (SSSR count). The second-order valence-corrected chi connectivity index (χ2v) is 13.0. The fraction of sp³-hybridized carbons (Fsp3) is 0.556. The summed E-state index contributed by atoms with van der Waals surface area (Å²) in [4.78, 5) is 0. The van der Waals surface area contributed by atoms with Crippen LogP contribution in [0, 0.1) is 20.8 Å². The van der Waals surface area contributed by atoms with Crippen LogP contribution in [0.4, 0.5) is 0 Å². The van der Waals surface area contributed by atoms with Gasteiger partial charge in [-0.3, -0.25) is 0 Å². The van der Waals surface area contributed by atoms with Gasteiger partial charge in [-0.2, -0.15) is 0 Å². The van der Waals surface area contributed by atoms with Gasteiger partial charge in [-0.25, -0.2) is 0 Å². The van der Waals surface area contributed by atoms with Gasteiger partial charge in [-0.05, 0) is 64.8 Å². The molecule has 0 aliphatic carbocycles. The highest BCUT2D eigenvalue weighted by molar-refractivity contribution is 7.26. The lowest BCUT2D eigenvalue weighted by molar-refractivity contribution is 0.543. The first kappa shape index (κ1) is 23.0. The van der Waals surface area contributed by atoms with Crippen LogP contribution < -0.4 is 0 Å². The van der Waals surface area contributed by atoms with Crippen molar-refractivity contribution in [3.63, 3.8) is 0 Å². The highest BCUT2D eigenvalue weighted by Gasteiger charge is 2.29. The number of rotatable bonds is 2. The number of nitrogens with zero attached hydrogens (tertiary/aromatic N) is 2. The van der Waals surface area contributed by atoms with Gasteiger partial charge in [0.05, 0.1) is 0 Å². The van der Waals surface area contributed by atoms with Crippen molar-refractivity contribution in [1.29, 1.82) is 0 Å². The van der Waals surface area contributed by atoms with E-state index in [-0.39, 0.29) is 16.2 Å². The number of benzene rings is 2. The predicted molar refractivity (Wildman–Crippen MR) is 134 cm³/mol. The Balaban J connectivity index is 2.32. The molecule has 164 valence electrons. The van der Waals surface area contributed by atoms with Crippen molar-refractivity contribution in [3.8, 4) is 11.4 Å². The van der Waals surface area contributed by atoms with Gasteiger partial charge in [0, 0.05) is 11.4 Å². The van der Waals surface area contributed by atoms with E-state index < -0.39 is 0 Å². The maximum absolute atomic E-state index is 2.47. The summed E-state index contributed by atoms with van der Waals surface area (Å²) in [6.07, 6.45) is 0.